The van der Waals surface area contributed by atoms with Gasteiger partial charge in [-0.2, -0.15) is 0 Å². The molecule has 1 aliphatic heterocycles. The Balaban J connectivity index is 0.000000258. The zero-order valence-electron chi connectivity index (χ0n) is 17.1. The lowest BCUT2D eigenvalue weighted by Gasteiger charge is -2.51. The monoisotopic (exact) mass is 403 g/mol. The van der Waals surface area contributed by atoms with Crippen molar-refractivity contribution in [3.05, 3.63) is 29.8 Å². The van der Waals surface area contributed by atoms with E-state index in [2.05, 4.69) is 11.0 Å². The van der Waals surface area contributed by atoms with E-state index in [1.54, 1.807) is 6.07 Å². The van der Waals surface area contributed by atoms with Gasteiger partial charge < -0.3 is 20.2 Å². The summed E-state index contributed by atoms with van der Waals surface area (Å²) in [6.07, 6.45) is 9.04. The van der Waals surface area contributed by atoms with E-state index in [0.717, 1.165) is 11.8 Å². The van der Waals surface area contributed by atoms with Crippen LogP contribution in [0.5, 0.6) is 5.75 Å². The van der Waals surface area contributed by atoms with Gasteiger partial charge in [-0.05, 0) is 68.2 Å². The molecule has 0 spiro atoms. The molecule has 1 heterocycles. The fraction of sp³-hybridized carbons (Fsp3) is 0.652. The van der Waals surface area contributed by atoms with Crippen molar-refractivity contribution >= 4 is 11.9 Å². The molecule has 3 fully saturated rings. The van der Waals surface area contributed by atoms with Gasteiger partial charge in [-0.15, -0.1) is 0 Å². The number of carboxylic acid groups (broad SMARTS) is 2. The molecular formula is C23H33NO5. The summed E-state index contributed by atoms with van der Waals surface area (Å²) in [5.74, 6) is 0.0776. The summed E-state index contributed by atoms with van der Waals surface area (Å²) in [7, 11) is 0. The summed E-state index contributed by atoms with van der Waals surface area (Å²) >= 11 is 0. The van der Waals surface area contributed by atoms with E-state index in [-0.39, 0.29) is 12.8 Å². The van der Waals surface area contributed by atoms with Crippen molar-refractivity contribution in [2.24, 2.45) is 11.8 Å². The number of phenols is 1. The van der Waals surface area contributed by atoms with Gasteiger partial charge in [-0.25, -0.2) is 0 Å². The molecule has 0 radical (unpaired) electrons. The van der Waals surface area contributed by atoms with Gasteiger partial charge in [-0.1, -0.05) is 25.0 Å². The van der Waals surface area contributed by atoms with Gasteiger partial charge in [0, 0.05) is 18.5 Å². The summed E-state index contributed by atoms with van der Waals surface area (Å²) in [4.78, 5) is 22.0. The number of carboxylic acids is 2. The highest BCUT2D eigenvalue weighted by atomic mass is 16.4. The summed E-state index contributed by atoms with van der Waals surface area (Å²) in [5.41, 5.74) is 1.75. The van der Waals surface area contributed by atoms with Crippen molar-refractivity contribution in [2.75, 3.05) is 19.6 Å². The largest absolute Gasteiger partial charge is 0.508 e. The lowest BCUT2D eigenvalue weighted by molar-refractivity contribution is -0.143. The lowest BCUT2D eigenvalue weighted by atomic mass is 9.59. The number of aliphatic carboxylic acids is 2. The molecule has 1 saturated heterocycles. The number of hydrogen-bond acceptors (Lipinski definition) is 4. The van der Waals surface area contributed by atoms with Gasteiger partial charge in [0.15, 0.2) is 0 Å². The first-order chi connectivity index (χ1) is 13.9. The summed E-state index contributed by atoms with van der Waals surface area (Å²) in [6.45, 7) is 3.88. The third-order valence-electron chi connectivity index (χ3n) is 6.75. The maximum absolute atomic E-state index is 9.90. The van der Waals surface area contributed by atoms with Crippen molar-refractivity contribution in [3.8, 4) is 5.75 Å². The average Bonchev–Trinajstić information content (AvgIpc) is 3.51. The number of phenolic OH excluding ortho intramolecular Hbond substituents is 1. The fourth-order valence-corrected chi connectivity index (χ4v) is 5.05. The molecule has 0 aromatic heterocycles. The Morgan fingerprint density at radius 1 is 1.03 bits per heavy atom. The molecule has 0 amide bonds. The smallest absolute Gasteiger partial charge is 0.303 e. The van der Waals surface area contributed by atoms with Gasteiger partial charge in [0.1, 0.15) is 5.75 Å². The number of aromatic hydroxyl groups is 1. The first kappa shape index (κ1) is 21.6. The third-order valence-corrected chi connectivity index (χ3v) is 6.75. The Kier molecular flexibility index (Phi) is 7.17. The zero-order chi connectivity index (χ0) is 20.9. The van der Waals surface area contributed by atoms with Crippen LogP contribution in [0, 0.1) is 11.8 Å². The maximum Gasteiger partial charge on any atom is 0.303 e. The third kappa shape index (κ3) is 5.95. The van der Waals surface area contributed by atoms with E-state index in [9.17, 15) is 14.7 Å². The molecule has 2 saturated carbocycles. The molecule has 0 unspecified atom stereocenters. The number of hydrogen-bond donors (Lipinski definition) is 3. The maximum atomic E-state index is 9.90. The number of rotatable bonds is 6. The normalized spacial score (nSPS) is 26.7. The molecule has 4 rings (SSSR count). The molecular weight excluding hydrogens is 370 g/mol. The van der Waals surface area contributed by atoms with Gasteiger partial charge in [0.25, 0.3) is 0 Å². The van der Waals surface area contributed by atoms with E-state index in [1.807, 2.05) is 12.1 Å². The van der Waals surface area contributed by atoms with Crippen LogP contribution < -0.4 is 0 Å². The van der Waals surface area contributed by atoms with E-state index >= 15 is 0 Å². The predicted molar refractivity (Wildman–Crippen MR) is 110 cm³/mol. The molecule has 3 N–H and O–H groups in total. The second-order valence-electron chi connectivity index (χ2n) is 8.89. The second kappa shape index (κ2) is 9.61. The Hall–Kier alpha value is -2.08. The van der Waals surface area contributed by atoms with Crippen LogP contribution >= 0.6 is 0 Å². The number of likely N-dealkylation sites (tertiary alicyclic amines) is 1. The standard InChI is InChI=1S/C19H27NO.C4H6O4/c21-18-6-3-5-16(12-18)19-9-2-1-4-17(19)14-20(11-10-19)13-15-7-8-15;5-3(6)1-2-4(7)8/h3,5-6,12,15,17,21H,1-2,4,7-11,13-14H2;1-2H2,(H,5,6)(H,7,8)/t17-,19-;/m0./s1. The van der Waals surface area contributed by atoms with Crippen LogP contribution in [-0.4, -0.2) is 51.8 Å². The molecule has 2 atom stereocenters. The van der Waals surface area contributed by atoms with Crippen LogP contribution in [0.3, 0.4) is 0 Å². The molecule has 3 aliphatic rings. The zero-order valence-corrected chi connectivity index (χ0v) is 17.1. The van der Waals surface area contributed by atoms with Crippen LogP contribution in [0.2, 0.25) is 0 Å². The van der Waals surface area contributed by atoms with Crippen molar-refractivity contribution in [1.29, 1.82) is 0 Å². The Bertz CT molecular complexity index is 703. The minimum Gasteiger partial charge on any atom is -0.508 e. The fourth-order valence-electron chi connectivity index (χ4n) is 5.05. The molecule has 1 aromatic carbocycles. The predicted octanol–water partition coefficient (Wildman–Crippen LogP) is 3.87. The molecule has 6 nitrogen and oxygen atoms in total. The number of carbonyl (C=O) groups is 2. The molecule has 0 bridgehead atoms. The highest BCUT2D eigenvalue weighted by Gasteiger charge is 2.45. The number of benzene rings is 1. The Labute approximate surface area is 172 Å². The van der Waals surface area contributed by atoms with Gasteiger partial charge in [-0.3, -0.25) is 9.59 Å². The minimum atomic E-state index is -1.08. The summed E-state index contributed by atoms with van der Waals surface area (Å²) in [6, 6.07) is 8.13. The number of piperidine rings is 1. The van der Waals surface area contributed by atoms with E-state index in [4.69, 9.17) is 10.2 Å². The first-order valence-electron chi connectivity index (χ1n) is 10.8. The van der Waals surface area contributed by atoms with Gasteiger partial charge in [0.2, 0.25) is 0 Å². The van der Waals surface area contributed by atoms with Gasteiger partial charge >= 0.3 is 11.9 Å². The Morgan fingerprint density at radius 3 is 2.38 bits per heavy atom. The van der Waals surface area contributed by atoms with Crippen LogP contribution in [0.15, 0.2) is 24.3 Å². The van der Waals surface area contributed by atoms with Crippen molar-refractivity contribution in [2.45, 2.75) is 63.2 Å². The SMILES string of the molecule is O=C(O)CCC(=O)O.Oc1cccc([C@@]23CCCC[C@H]2CN(CC2CC2)CC3)c1. The number of nitrogens with zero attached hydrogens (tertiary/aromatic N) is 1. The number of fused-ring (bicyclic) bond motifs is 1. The molecule has 1 aromatic rings. The quantitative estimate of drug-likeness (QED) is 0.667. The van der Waals surface area contributed by atoms with Crippen LogP contribution in [0.4, 0.5) is 0 Å². The van der Waals surface area contributed by atoms with E-state index < -0.39 is 11.9 Å². The minimum absolute atomic E-state index is 0.296. The second-order valence-corrected chi connectivity index (χ2v) is 8.89. The molecule has 29 heavy (non-hydrogen) atoms. The molecule has 160 valence electrons. The van der Waals surface area contributed by atoms with Crippen LogP contribution in [0.25, 0.3) is 0 Å². The topological polar surface area (TPSA) is 98.1 Å². The lowest BCUT2D eigenvalue weighted by Crippen LogP contribution is -2.51. The molecule has 2 aliphatic carbocycles. The molecule has 6 heteroatoms. The van der Waals surface area contributed by atoms with Crippen LogP contribution in [0.1, 0.15) is 63.4 Å². The highest BCUT2D eigenvalue weighted by molar-refractivity contribution is 5.75. The Morgan fingerprint density at radius 2 is 1.76 bits per heavy atom. The van der Waals surface area contributed by atoms with Crippen molar-refractivity contribution in [1.82, 2.24) is 4.90 Å². The first-order valence-corrected chi connectivity index (χ1v) is 10.8. The summed E-state index contributed by atoms with van der Waals surface area (Å²) < 4.78 is 0. The summed E-state index contributed by atoms with van der Waals surface area (Å²) in [5, 5.41) is 25.7. The van der Waals surface area contributed by atoms with Gasteiger partial charge in [0.05, 0.1) is 12.8 Å². The average molecular weight is 404 g/mol. The van der Waals surface area contributed by atoms with Crippen LogP contribution in [-0.2, 0) is 15.0 Å². The van der Waals surface area contributed by atoms with E-state index in [1.165, 1.54) is 70.1 Å². The van der Waals surface area contributed by atoms with Crippen molar-refractivity contribution < 1.29 is 24.9 Å². The van der Waals surface area contributed by atoms with Crippen molar-refractivity contribution in [3.63, 3.8) is 0 Å². The highest BCUT2D eigenvalue weighted by Crippen LogP contribution is 2.49. The van der Waals surface area contributed by atoms with E-state index in [0.29, 0.717) is 11.2 Å².